The van der Waals surface area contributed by atoms with Crippen LogP contribution in [0.2, 0.25) is 0 Å². The van der Waals surface area contributed by atoms with Gasteiger partial charge >= 0.3 is 0 Å². The fraction of sp³-hybridized carbons (Fsp3) is 0.385. The molecule has 0 saturated carbocycles. The Morgan fingerprint density at radius 3 is 2.55 bits per heavy atom. The molecule has 4 rings (SSSR count). The second-order valence-electron chi connectivity index (χ2n) is 9.30. The maximum absolute atomic E-state index is 13.7. The molecule has 2 aromatic rings. The Bertz CT molecular complexity index is 1040. The molecule has 0 spiro atoms. The van der Waals surface area contributed by atoms with Gasteiger partial charge in [0.25, 0.3) is 0 Å². The number of hydrogen-bond acceptors (Lipinski definition) is 3. The number of amides is 1. The minimum atomic E-state index is -0.584. The molecule has 31 heavy (non-hydrogen) atoms. The van der Waals surface area contributed by atoms with Crippen molar-refractivity contribution in [1.82, 2.24) is 0 Å². The largest absolute Gasteiger partial charge is 0.357 e. The van der Waals surface area contributed by atoms with Crippen LogP contribution in [-0.4, -0.2) is 11.7 Å². The maximum Gasteiger partial charge on any atom is 0.227 e. The maximum atomic E-state index is 13.7. The van der Waals surface area contributed by atoms with Gasteiger partial charge in [0, 0.05) is 24.1 Å². The highest BCUT2D eigenvalue weighted by Gasteiger charge is 2.43. The molecule has 1 aliphatic heterocycles. The van der Waals surface area contributed by atoms with E-state index in [4.69, 9.17) is 0 Å². The summed E-state index contributed by atoms with van der Waals surface area (Å²) in [6.45, 7) is 6.23. The van der Waals surface area contributed by atoms with Crippen LogP contribution in [0.15, 0.2) is 59.8 Å². The zero-order chi connectivity index (χ0) is 22.2. The molecular formula is C26H29FN2O2. The first-order valence-corrected chi connectivity index (χ1v) is 11.0. The van der Waals surface area contributed by atoms with Crippen molar-refractivity contribution in [2.24, 2.45) is 5.41 Å². The van der Waals surface area contributed by atoms with E-state index < -0.39 is 6.04 Å². The van der Waals surface area contributed by atoms with Crippen LogP contribution >= 0.6 is 0 Å². The summed E-state index contributed by atoms with van der Waals surface area (Å²) >= 11 is 0. The summed E-state index contributed by atoms with van der Waals surface area (Å²) in [5.74, 6) is -0.337. The molecule has 0 saturated heterocycles. The first-order valence-electron chi connectivity index (χ1n) is 11.0. The van der Waals surface area contributed by atoms with Crippen LogP contribution in [-0.2, 0) is 9.59 Å². The predicted molar refractivity (Wildman–Crippen MR) is 121 cm³/mol. The van der Waals surface area contributed by atoms with Crippen LogP contribution in [0.1, 0.15) is 64.5 Å². The van der Waals surface area contributed by atoms with Gasteiger partial charge in [-0.1, -0.05) is 51.5 Å². The normalized spacial score (nSPS) is 19.9. The molecule has 1 unspecified atom stereocenters. The molecule has 162 valence electrons. The van der Waals surface area contributed by atoms with Crippen LogP contribution in [0.3, 0.4) is 0 Å². The number of nitrogens with zero attached hydrogens (tertiary/aromatic N) is 1. The van der Waals surface area contributed by atoms with E-state index in [1.54, 1.807) is 17.0 Å². The number of ketones is 1. The summed E-state index contributed by atoms with van der Waals surface area (Å²) in [5.41, 5.74) is 3.60. The average molecular weight is 421 g/mol. The number of Topliss-reactive ketones (excluding diaryl/α,β-unsaturated/α-hetero) is 1. The van der Waals surface area contributed by atoms with Crippen molar-refractivity contribution >= 4 is 23.1 Å². The number of allylic oxidation sites excluding steroid dienone is 1. The smallest absolute Gasteiger partial charge is 0.227 e. The molecule has 0 radical (unpaired) electrons. The molecule has 1 aliphatic carbocycles. The molecule has 5 heteroatoms. The highest BCUT2D eigenvalue weighted by molar-refractivity contribution is 6.06. The van der Waals surface area contributed by atoms with Gasteiger partial charge < -0.3 is 5.32 Å². The zero-order valence-electron chi connectivity index (χ0n) is 18.4. The van der Waals surface area contributed by atoms with E-state index in [-0.39, 0.29) is 22.9 Å². The summed E-state index contributed by atoms with van der Waals surface area (Å²) in [7, 11) is 0. The Labute approximate surface area is 183 Å². The lowest BCUT2D eigenvalue weighted by atomic mass is 9.73. The number of carbonyl (C=O) groups is 2. The van der Waals surface area contributed by atoms with Gasteiger partial charge in [-0.05, 0) is 48.1 Å². The van der Waals surface area contributed by atoms with E-state index in [1.165, 1.54) is 12.1 Å². The number of benzene rings is 2. The fourth-order valence-corrected chi connectivity index (χ4v) is 4.67. The monoisotopic (exact) mass is 420 g/mol. The lowest BCUT2D eigenvalue weighted by Crippen LogP contribution is -2.39. The number of rotatable bonds is 4. The van der Waals surface area contributed by atoms with Crippen molar-refractivity contribution in [3.8, 4) is 0 Å². The number of halogens is 1. The van der Waals surface area contributed by atoms with E-state index >= 15 is 0 Å². The van der Waals surface area contributed by atoms with E-state index in [0.29, 0.717) is 24.8 Å². The molecule has 0 aromatic heterocycles. The number of fused-ring (bicyclic) bond motifs is 1. The summed E-state index contributed by atoms with van der Waals surface area (Å²) in [6.07, 6.45) is 3.19. The highest BCUT2D eigenvalue weighted by atomic mass is 19.1. The second kappa shape index (κ2) is 8.29. The summed E-state index contributed by atoms with van der Waals surface area (Å²) in [5, 5.41) is 3.49. The van der Waals surface area contributed by atoms with Crippen LogP contribution in [0.4, 0.5) is 15.8 Å². The molecule has 4 nitrogen and oxygen atoms in total. The van der Waals surface area contributed by atoms with Gasteiger partial charge in [0.15, 0.2) is 5.78 Å². The van der Waals surface area contributed by atoms with Crippen molar-refractivity contribution in [2.75, 3.05) is 10.2 Å². The Morgan fingerprint density at radius 1 is 1.13 bits per heavy atom. The van der Waals surface area contributed by atoms with E-state index in [9.17, 15) is 14.0 Å². The zero-order valence-corrected chi connectivity index (χ0v) is 18.4. The lowest BCUT2D eigenvalue weighted by Gasteiger charge is -2.37. The lowest BCUT2D eigenvalue weighted by molar-refractivity contribution is -0.119. The third kappa shape index (κ3) is 4.14. The summed E-state index contributed by atoms with van der Waals surface area (Å²) < 4.78 is 13.7. The van der Waals surface area contributed by atoms with Gasteiger partial charge in [0.1, 0.15) is 5.82 Å². The first kappa shape index (κ1) is 21.3. The van der Waals surface area contributed by atoms with Crippen LogP contribution in [0.5, 0.6) is 0 Å². The van der Waals surface area contributed by atoms with Gasteiger partial charge in [-0.15, -0.1) is 0 Å². The molecule has 1 N–H and O–H groups in total. The number of hydrogen-bond donors (Lipinski definition) is 1. The molecule has 2 aromatic carbocycles. The van der Waals surface area contributed by atoms with Crippen LogP contribution in [0, 0.1) is 11.2 Å². The van der Waals surface area contributed by atoms with Gasteiger partial charge in [0.05, 0.1) is 17.4 Å². The van der Waals surface area contributed by atoms with Crippen molar-refractivity contribution in [3.63, 3.8) is 0 Å². The van der Waals surface area contributed by atoms with Crippen molar-refractivity contribution in [2.45, 2.75) is 58.9 Å². The molecule has 1 amide bonds. The molecule has 2 aliphatic rings. The minimum Gasteiger partial charge on any atom is -0.357 e. The highest BCUT2D eigenvalue weighted by Crippen LogP contribution is 2.48. The molecule has 0 fully saturated rings. The van der Waals surface area contributed by atoms with Gasteiger partial charge in [-0.2, -0.15) is 0 Å². The SMILES string of the molecule is CCCCC(=O)N1c2ccccc2NC2=C(C(=O)CC(C)(C)C2)C1c1ccc(F)cc1. The molecule has 1 heterocycles. The van der Waals surface area contributed by atoms with Crippen LogP contribution in [0.25, 0.3) is 0 Å². The Kier molecular flexibility index (Phi) is 5.69. The quantitative estimate of drug-likeness (QED) is 0.644. The van der Waals surface area contributed by atoms with E-state index in [0.717, 1.165) is 35.5 Å². The predicted octanol–water partition coefficient (Wildman–Crippen LogP) is 6.16. The first-order chi connectivity index (χ1) is 14.8. The Hall–Kier alpha value is -2.95. The Morgan fingerprint density at radius 2 is 1.84 bits per heavy atom. The van der Waals surface area contributed by atoms with Crippen molar-refractivity contribution in [1.29, 1.82) is 0 Å². The molecular weight excluding hydrogens is 391 g/mol. The number of para-hydroxylation sites is 2. The van der Waals surface area contributed by atoms with Crippen molar-refractivity contribution in [3.05, 3.63) is 71.2 Å². The molecule has 0 bridgehead atoms. The van der Waals surface area contributed by atoms with E-state index in [1.807, 2.05) is 24.3 Å². The average Bonchev–Trinajstić information content (AvgIpc) is 2.86. The topological polar surface area (TPSA) is 49.4 Å². The summed E-state index contributed by atoms with van der Waals surface area (Å²) in [4.78, 5) is 28.7. The number of nitrogens with one attached hydrogen (secondary N) is 1. The third-order valence-electron chi connectivity index (χ3n) is 6.10. The number of anilines is 2. The van der Waals surface area contributed by atoms with Crippen LogP contribution < -0.4 is 10.2 Å². The second-order valence-corrected chi connectivity index (χ2v) is 9.30. The van der Waals surface area contributed by atoms with E-state index in [2.05, 4.69) is 26.1 Å². The van der Waals surface area contributed by atoms with Gasteiger partial charge in [0.2, 0.25) is 5.91 Å². The molecule has 1 atom stereocenters. The number of carbonyl (C=O) groups excluding carboxylic acids is 2. The standard InChI is InChI=1S/C26H29FN2O2/c1-4-5-10-23(31)29-21-9-7-6-8-19(21)28-20-15-26(2,3)16-22(30)24(20)25(29)17-11-13-18(27)14-12-17/h6-9,11-14,25,28H,4-5,10,15-16H2,1-3H3. The van der Waals surface area contributed by atoms with Crippen molar-refractivity contribution < 1.29 is 14.0 Å². The van der Waals surface area contributed by atoms with Gasteiger partial charge in [-0.25, -0.2) is 4.39 Å². The number of unbranched alkanes of at least 4 members (excludes halogenated alkanes) is 1. The minimum absolute atomic E-state index is 0.0307. The third-order valence-corrected chi connectivity index (χ3v) is 6.10. The summed E-state index contributed by atoms with van der Waals surface area (Å²) in [6, 6.07) is 13.3. The van der Waals surface area contributed by atoms with Gasteiger partial charge in [-0.3, -0.25) is 14.5 Å². The fourth-order valence-electron chi connectivity index (χ4n) is 4.67. The Balaban J connectivity index is 1.96.